The number of fused-ring (bicyclic) bond motifs is 1. The van der Waals surface area contributed by atoms with Crippen molar-refractivity contribution in [3.05, 3.63) is 35.7 Å². The van der Waals surface area contributed by atoms with Crippen LogP contribution in [0.3, 0.4) is 0 Å². The van der Waals surface area contributed by atoms with Crippen LogP contribution in [0.1, 0.15) is 31.4 Å². The van der Waals surface area contributed by atoms with E-state index in [1.165, 1.54) is 18.1 Å². The predicted molar refractivity (Wildman–Crippen MR) is 108 cm³/mol. The van der Waals surface area contributed by atoms with E-state index in [2.05, 4.69) is 34.1 Å². The third-order valence-corrected chi connectivity index (χ3v) is 5.19. The lowest BCUT2D eigenvalue weighted by Crippen LogP contribution is -2.24. The summed E-state index contributed by atoms with van der Waals surface area (Å²) in [7, 11) is 0. The average molecular weight is 424 g/mol. The smallest absolute Gasteiger partial charge is 0.382 e. The molecule has 2 aromatic heterocycles. The number of anilines is 1. The summed E-state index contributed by atoms with van der Waals surface area (Å²) in [5.74, 6) is 0.246. The van der Waals surface area contributed by atoms with Crippen LogP contribution in [-0.2, 0) is 12.7 Å². The standard InChI is InChI=1S/C19H23F3N6S/c1-11(2)24-5-4-6-28-17-15(16(23)25-10-26-17)27-18(28)29-14-8-12(3)7-13(9-14)19(20,21)22/h7-11,24H,4-6H2,1-3H3,(H2,23,25,26). The summed E-state index contributed by atoms with van der Waals surface area (Å²) in [4.78, 5) is 13.2. The van der Waals surface area contributed by atoms with E-state index in [0.717, 1.165) is 25.1 Å². The molecule has 1 aromatic carbocycles. The van der Waals surface area contributed by atoms with Gasteiger partial charge in [0.15, 0.2) is 22.1 Å². The third kappa shape index (κ3) is 5.18. The molecule has 0 atom stereocenters. The van der Waals surface area contributed by atoms with Crippen molar-refractivity contribution >= 4 is 28.7 Å². The van der Waals surface area contributed by atoms with Crippen LogP contribution in [0.4, 0.5) is 19.0 Å². The normalized spacial score (nSPS) is 12.2. The molecule has 0 unspecified atom stereocenters. The number of nitrogens with zero attached hydrogens (tertiary/aromatic N) is 4. The lowest BCUT2D eigenvalue weighted by atomic mass is 10.1. The number of hydrogen-bond donors (Lipinski definition) is 2. The number of benzene rings is 1. The molecule has 29 heavy (non-hydrogen) atoms. The van der Waals surface area contributed by atoms with E-state index in [0.29, 0.717) is 39.4 Å². The number of aromatic nitrogens is 4. The first-order chi connectivity index (χ1) is 13.6. The molecule has 0 spiro atoms. The third-order valence-electron chi connectivity index (χ3n) is 4.22. The first kappa shape index (κ1) is 21.4. The fourth-order valence-electron chi connectivity index (χ4n) is 2.92. The number of hydrogen-bond acceptors (Lipinski definition) is 6. The van der Waals surface area contributed by atoms with Gasteiger partial charge in [0.2, 0.25) is 0 Å². The van der Waals surface area contributed by atoms with E-state index in [-0.39, 0.29) is 5.82 Å². The van der Waals surface area contributed by atoms with Crippen molar-refractivity contribution in [3.63, 3.8) is 0 Å². The quantitative estimate of drug-likeness (QED) is 0.551. The molecule has 3 rings (SSSR count). The second-order valence-corrected chi connectivity index (χ2v) is 8.11. The van der Waals surface area contributed by atoms with Gasteiger partial charge in [-0.25, -0.2) is 15.0 Å². The largest absolute Gasteiger partial charge is 0.416 e. The molecule has 0 saturated heterocycles. The van der Waals surface area contributed by atoms with Gasteiger partial charge in [-0.2, -0.15) is 13.2 Å². The fourth-order valence-corrected chi connectivity index (χ4v) is 3.98. The molecular formula is C19H23F3N6S. The predicted octanol–water partition coefficient (Wildman–Crippen LogP) is 4.28. The van der Waals surface area contributed by atoms with Gasteiger partial charge in [-0.3, -0.25) is 0 Å². The Morgan fingerprint density at radius 1 is 1.21 bits per heavy atom. The van der Waals surface area contributed by atoms with E-state index >= 15 is 0 Å². The first-order valence-corrected chi connectivity index (χ1v) is 10.0. The summed E-state index contributed by atoms with van der Waals surface area (Å²) in [6, 6.07) is 4.35. The Balaban J connectivity index is 1.95. The number of rotatable bonds is 7. The van der Waals surface area contributed by atoms with Gasteiger partial charge in [-0.15, -0.1) is 0 Å². The van der Waals surface area contributed by atoms with Crippen LogP contribution in [0.15, 0.2) is 34.6 Å². The molecule has 0 radical (unpaired) electrons. The topological polar surface area (TPSA) is 81.7 Å². The van der Waals surface area contributed by atoms with Gasteiger partial charge in [0, 0.05) is 17.5 Å². The molecule has 0 aliphatic carbocycles. The highest BCUT2D eigenvalue weighted by molar-refractivity contribution is 7.99. The van der Waals surface area contributed by atoms with Crippen LogP contribution in [-0.4, -0.2) is 32.1 Å². The van der Waals surface area contributed by atoms with Crippen LogP contribution in [0.25, 0.3) is 11.2 Å². The molecule has 0 saturated carbocycles. The van der Waals surface area contributed by atoms with E-state index in [9.17, 15) is 13.2 Å². The Bertz CT molecular complexity index is 1000. The van der Waals surface area contributed by atoms with Gasteiger partial charge in [-0.05, 0) is 43.7 Å². The number of nitrogens with one attached hydrogen (secondary N) is 1. The van der Waals surface area contributed by atoms with Crippen LogP contribution in [0, 0.1) is 6.92 Å². The minimum Gasteiger partial charge on any atom is -0.382 e. The molecular weight excluding hydrogens is 401 g/mol. The van der Waals surface area contributed by atoms with E-state index in [4.69, 9.17) is 5.73 Å². The molecule has 2 heterocycles. The zero-order chi connectivity index (χ0) is 21.2. The summed E-state index contributed by atoms with van der Waals surface area (Å²) in [5.41, 5.74) is 6.82. The summed E-state index contributed by atoms with van der Waals surface area (Å²) >= 11 is 1.17. The molecule has 6 nitrogen and oxygen atoms in total. The second-order valence-electron chi connectivity index (χ2n) is 7.07. The van der Waals surface area contributed by atoms with Crippen molar-refractivity contribution in [1.29, 1.82) is 0 Å². The summed E-state index contributed by atoms with van der Waals surface area (Å²) in [6.07, 6.45) is -2.23. The van der Waals surface area contributed by atoms with Crippen LogP contribution in [0.2, 0.25) is 0 Å². The van der Waals surface area contributed by atoms with Crippen molar-refractivity contribution in [2.45, 2.75) is 56.0 Å². The van der Waals surface area contributed by atoms with Crippen molar-refractivity contribution < 1.29 is 13.2 Å². The van der Waals surface area contributed by atoms with Crippen molar-refractivity contribution in [2.75, 3.05) is 12.3 Å². The van der Waals surface area contributed by atoms with Crippen LogP contribution < -0.4 is 11.1 Å². The molecule has 0 fully saturated rings. The Labute approximate surface area is 171 Å². The van der Waals surface area contributed by atoms with Crippen LogP contribution >= 0.6 is 11.8 Å². The number of imidazole rings is 1. The summed E-state index contributed by atoms with van der Waals surface area (Å²) < 4.78 is 41.4. The lowest BCUT2D eigenvalue weighted by molar-refractivity contribution is -0.137. The molecule has 0 amide bonds. The Hall–Kier alpha value is -2.33. The van der Waals surface area contributed by atoms with E-state index < -0.39 is 11.7 Å². The summed E-state index contributed by atoms with van der Waals surface area (Å²) in [6.45, 7) is 7.18. The maximum atomic E-state index is 13.2. The SMILES string of the molecule is Cc1cc(Sc2nc3c(N)ncnc3n2CCCNC(C)C)cc(C(F)(F)F)c1. The number of aryl methyl sites for hydroxylation is 2. The van der Waals surface area contributed by atoms with E-state index in [1.807, 2.05) is 4.57 Å². The highest BCUT2D eigenvalue weighted by atomic mass is 32.2. The number of halogens is 3. The van der Waals surface area contributed by atoms with Gasteiger partial charge in [0.25, 0.3) is 0 Å². The van der Waals surface area contributed by atoms with Gasteiger partial charge in [-0.1, -0.05) is 25.6 Å². The van der Waals surface area contributed by atoms with Gasteiger partial charge in [0.05, 0.1) is 5.56 Å². The van der Waals surface area contributed by atoms with Gasteiger partial charge < -0.3 is 15.6 Å². The summed E-state index contributed by atoms with van der Waals surface area (Å²) in [5, 5.41) is 3.88. The maximum absolute atomic E-state index is 13.2. The highest BCUT2D eigenvalue weighted by Crippen LogP contribution is 2.36. The number of nitrogens with two attached hydrogens (primary N) is 1. The highest BCUT2D eigenvalue weighted by Gasteiger charge is 2.31. The molecule has 0 aliphatic rings. The molecule has 3 aromatic rings. The number of alkyl halides is 3. The Morgan fingerprint density at radius 3 is 2.66 bits per heavy atom. The molecule has 3 N–H and O–H groups in total. The lowest BCUT2D eigenvalue weighted by Gasteiger charge is -2.12. The Morgan fingerprint density at radius 2 is 1.97 bits per heavy atom. The van der Waals surface area contributed by atoms with Crippen molar-refractivity contribution in [3.8, 4) is 0 Å². The molecule has 0 aliphatic heterocycles. The molecule has 156 valence electrons. The van der Waals surface area contributed by atoms with E-state index in [1.54, 1.807) is 13.0 Å². The average Bonchev–Trinajstić information content (AvgIpc) is 2.96. The monoisotopic (exact) mass is 424 g/mol. The second kappa shape index (κ2) is 8.58. The van der Waals surface area contributed by atoms with Gasteiger partial charge in [0.1, 0.15) is 6.33 Å². The Kier molecular flexibility index (Phi) is 6.33. The zero-order valence-electron chi connectivity index (χ0n) is 16.4. The molecule has 10 heteroatoms. The van der Waals surface area contributed by atoms with Crippen molar-refractivity contribution in [2.24, 2.45) is 0 Å². The first-order valence-electron chi connectivity index (χ1n) is 9.22. The maximum Gasteiger partial charge on any atom is 0.416 e. The zero-order valence-corrected chi connectivity index (χ0v) is 17.2. The van der Waals surface area contributed by atoms with Crippen LogP contribution in [0.5, 0.6) is 0 Å². The van der Waals surface area contributed by atoms with Crippen molar-refractivity contribution in [1.82, 2.24) is 24.8 Å². The number of nitrogen functional groups attached to an aromatic ring is 1. The minimum atomic E-state index is -4.40. The van der Waals surface area contributed by atoms with Gasteiger partial charge >= 0.3 is 6.18 Å². The minimum absolute atomic E-state index is 0.246. The fraction of sp³-hybridized carbons (Fsp3) is 0.421. The molecule has 0 bridgehead atoms.